The molecule has 15 heavy (non-hydrogen) atoms. The zero-order chi connectivity index (χ0) is 10.5. The summed E-state index contributed by atoms with van der Waals surface area (Å²) in [4.78, 5) is 7.87. The topological polar surface area (TPSA) is 55.2 Å². The van der Waals surface area contributed by atoms with Crippen LogP contribution in [0.2, 0.25) is 0 Å². The standard InChI is InChI=1S/C10H19N5/c11-13-12-4-8-14-5-2-7-15-6-1-3-10(15)9-14/h10H,1-9H2. The Bertz CT molecular complexity index is 248. The van der Waals surface area contributed by atoms with Crippen molar-refractivity contribution >= 4 is 0 Å². The summed E-state index contributed by atoms with van der Waals surface area (Å²) in [5.41, 5.74) is 8.23. The molecule has 0 aromatic carbocycles. The van der Waals surface area contributed by atoms with Crippen molar-refractivity contribution < 1.29 is 0 Å². The van der Waals surface area contributed by atoms with E-state index in [0.717, 1.165) is 19.1 Å². The lowest BCUT2D eigenvalue weighted by molar-refractivity contribution is 0.223. The van der Waals surface area contributed by atoms with E-state index in [2.05, 4.69) is 19.8 Å². The van der Waals surface area contributed by atoms with Gasteiger partial charge >= 0.3 is 0 Å². The summed E-state index contributed by atoms with van der Waals surface area (Å²) in [6.45, 7) is 6.41. The van der Waals surface area contributed by atoms with Crippen LogP contribution in [0.1, 0.15) is 19.3 Å². The second-order valence-corrected chi connectivity index (χ2v) is 4.44. The average molecular weight is 209 g/mol. The number of hydrogen-bond acceptors (Lipinski definition) is 3. The quantitative estimate of drug-likeness (QED) is 0.401. The normalized spacial score (nSPS) is 28.1. The zero-order valence-electron chi connectivity index (χ0n) is 9.18. The van der Waals surface area contributed by atoms with Gasteiger partial charge in [-0.2, -0.15) is 0 Å². The SMILES string of the molecule is [N-]=[N+]=NCCN1CCCN2CCCC2C1. The maximum Gasteiger partial charge on any atom is 0.0385 e. The first-order valence-corrected chi connectivity index (χ1v) is 5.87. The molecule has 1 atom stereocenters. The van der Waals surface area contributed by atoms with Gasteiger partial charge in [-0.1, -0.05) is 5.11 Å². The van der Waals surface area contributed by atoms with Crippen molar-refractivity contribution in [3.05, 3.63) is 10.4 Å². The maximum absolute atomic E-state index is 8.23. The van der Waals surface area contributed by atoms with E-state index in [1.54, 1.807) is 0 Å². The molecule has 2 fully saturated rings. The van der Waals surface area contributed by atoms with Crippen molar-refractivity contribution in [3.8, 4) is 0 Å². The number of fused-ring (bicyclic) bond motifs is 1. The minimum Gasteiger partial charge on any atom is -0.302 e. The Morgan fingerprint density at radius 2 is 2.13 bits per heavy atom. The lowest BCUT2D eigenvalue weighted by Crippen LogP contribution is -2.37. The van der Waals surface area contributed by atoms with E-state index in [9.17, 15) is 0 Å². The molecule has 0 bridgehead atoms. The van der Waals surface area contributed by atoms with Gasteiger partial charge in [0.15, 0.2) is 0 Å². The van der Waals surface area contributed by atoms with Gasteiger partial charge in [-0.25, -0.2) is 0 Å². The molecule has 5 heteroatoms. The molecule has 1 unspecified atom stereocenters. The highest BCUT2D eigenvalue weighted by Crippen LogP contribution is 2.20. The molecular formula is C10H19N5. The number of rotatable bonds is 3. The summed E-state index contributed by atoms with van der Waals surface area (Å²) in [7, 11) is 0. The van der Waals surface area contributed by atoms with Gasteiger partial charge in [0.05, 0.1) is 0 Å². The Hall–Kier alpha value is -0.770. The van der Waals surface area contributed by atoms with Crippen molar-refractivity contribution in [3.63, 3.8) is 0 Å². The molecule has 2 rings (SSSR count). The molecule has 0 aromatic heterocycles. The van der Waals surface area contributed by atoms with Gasteiger partial charge < -0.3 is 4.90 Å². The van der Waals surface area contributed by atoms with Crippen LogP contribution in [0, 0.1) is 0 Å². The molecular weight excluding hydrogens is 190 g/mol. The van der Waals surface area contributed by atoms with Gasteiger partial charge in [0, 0.05) is 30.6 Å². The Balaban J connectivity index is 1.82. The lowest BCUT2D eigenvalue weighted by atomic mass is 10.2. The first-order chi connectivity index (χ1) is 7.40. The third kappa shape index (κ3) is 2.84. The van der Waals surface area contributed by atoms with E-state index in [1.165, 1.54) is 38.9 Å². The van der Waals surface area contributed by atoms with Gasteiger partial charge in [-0.15, -0.1) is 0 Å². The van der Waals surface area contributed by atoms with E-state index in [4.69, 9.17) is 5.53 Å². The molecule has 2 aliphatic heterocycles. The van der Waals surface area contributed by atoms with Crippen LogP contribution in [0.15, 0.2) is 5.11 Å². The zero-order valence-corrected chi connectivity index (χ0v) is 9.18. The summed E-state index contributed by atoms with van der Waals surface area (Å²) >= 11 is 0. The van der Waals surface area contributed by atoms with E-state index in [0.29, 0.717) is 6.54 Å². The van der Waals surface area contributed by atoms with Gasteiger partial charge in [0.25, 0.3) is 0 Å². The first-order valence-electron chi connectivity index (χ1n) is 5.87. The van der Waals surface area contributed by atoms with E-state index >= 15 is 0 Å². The highest BCUT2D eigenvalue weighted by molar-refractivity contribution is 4.84. The van der Waals surface area contributed by atoms with E-state index < -0.39 is 0 Å². The molecule has 5 nitrogen and oxygen atoms in total. The fraction of sp³-hybridized carbons (Fsp3) is 1.00. The fourth-order valence-electron chi connectivity index (χ4n) is 2.72. The summed E-state index contributed by atoms with van der Waals surface area (Å²) < 4.78 is 0. The van der Waals surface area contributed by atoms with Gasteiger partial charge in [-0.3, -0.25) is 4.90 Å². The molecule has 84 valence electrons. The highest BCUT2D eigenvalue weighted by atomic mass is 15.3. The van der Waals surface area contributed by atoms with Crippen LogP contribution in [0.4, 0.5) is 0 Å². The molecule has 0 saturated carbocycles. The monoisotopic (exact) mass is 209 g/mol. The predicted molar refractivity (Wildman–Crippen MR) is 59.7 cm³/mol. The summed E-state index contributed by atoms with van der Waals surface area (Å²) in [6.07, 6.45) is 3.96. The predicted octanol–water partition coefficient (Wildman–Crippen LogP) is 1.47. The molecule has 0 N–H and O–H groups in total. The van der Waals surface area contributed by atoms with Crippen molar-refractivity contribution in [1.82, 2.24) is 9.80 Å². The average Bonchev–Trinajstić information content (AvgIpc) is 2.58. The van der Waals surface area contributed by atoms with Crippen LogP contribution in [-0.2, 0) is 0 Å². The van der Waals surface area contributed by atoms with Crippen LogP contribution in [0.5, 0.6) is 0 Å². The largest absolute Gasteiger partial charge is 0.302 e. The van der Waals surface area contributed by atoms with Crippen LogP contribution in [-0.4, -0.2) is 55.1 Å². The molecule has 0 aliphatic carbocycles. The molecule has 0 radical (unpaired) electrons. The number of azide groups is 1. The maximum atomic E-state index is 8.23. The molecule has 2 aliphatic rings. The van der Waals surface area contributed by atoms with E-state index in [-0.39, 0.29) is 0 Å². The molecule has 0 amide bonds. The van der Waals surface area contributed by atoms with E-state index in [1.807, 2.05) is 0 Å². The molecule has 0 aromatic rings. The third-order valence-corrected chi connectivity index (χ3v) is 3.47. The summed E-state index contributed by atoms with van der Waals surface area (Å²) in [5, 5.41) is 3.61. The first kappa shape index (κ1) is 10.7. The van der Waals surface area contributed by atoms with Gasteiger partial charge in [-0.05, 0) is 44.4 Å². The minimum atomic E-state index is 0.614. The van der Waals surface area contributed by atoms with Gasteiger partial charge in [0.1, 0.15) is 0 Å². The van der Waals surface area contributed by atoms with Crippen LogP contribution in [0.3, 0.4) is 0 Å². The third-order valence-electron chi connectivity index (χ3n) is 3.47. The van der Waals surface area contributed by atoms with Crippen LogP contribution >= 0.6 is 0 Å². The smallest absolute Gasteiger partial charge is 0.0385 e. The second kappa shape index (κ2) is 5.35. The van der Waals surface area contributed by atoms with Crippen LogP contribution < -0.4 is 0 Å². The lowest BCUT2D eigenvalue weighted by Gasteiger charge is -2.24. The highest BCUT2D eigenvalue weighted by Gasteiger charge is 2.28. The summed E-state index contributed by atoms with van der Waals surface area (Å²) in [6, 6.07) is 0.763. The second-order valence-electron chi connectivity index (χ2n) is 4.44. The van der Waals surface area contributed by atoms with Crippen molar-refractivity contribution in [2.45, 2.75) is 25.3 Å². The van der Waals surface area contributed by atoms with Crippen molar-refractivity contribution in [1.29, 1.82) is 0 Å². The van der Waals surface area contributed by atoms with Crippen LogP contribution in [0.25, 0.3) is 10.4 Å². The Morgan fingerprint density at radius 1 is 1.27 bits per heavy atom. The van der Waals surface area contributed by atoms with Crippen molar-refractivity contribution in [2.75, 3.05) is 39.3 Å². The number of nitrogens with zero attached hydrogens (tertiary/aromatic N) is 5. The number of hydrogen-bond donors (Lipinski definition) is 0. The Morgan fingerprint density at radius 3 is 3.00 bits per heavy atom. The Kier molecular flexibility index (Phi) is 3.83. The fourth-order valence-corrected chi connectivity index (χ4v) is 2.72. The molecule has 2 saturated heterocycles. The minimum absolute atomic E-state index is 0.614. The Labute approximate surface area is 90.7 Å². The summed E-state index contributed by atoms with van der Waals surface area (Å²) in [5.74, 6) is 0. The molecule has 0 spiro atoms. The molecule has 2 heterocycles. The van der Waals surface area contributed by atoms with Crippen molar-refractivity contribution in [2.24, 2.45) is 5.11 Å². The van der Waals surface area contributed by atoms with Gasteiger partial charge in [0.2, 0.25) is 0 Å².